The molecular weight excluding hydrogens is 356 g/mol. The van der Waals surface area contributed by atoms with Crippen molar-refractivity contribution in [3.8, 4) is 0 Å². The second-order valence-corrected chi connectivity index (χ2v) is 5.03. The first-order chi connectivity index (χ1) is 9.75. The van der Waals surface area contributed by atoms with Crippen LogP contribution >= 0.6 is 15.9 Å². The van der Waals surface area contributed by atoms with Crippen molar-refractivity contribution in [2.45, 2.75) is 19.6 Å². The van der Waals surface area contributed by atoms with Gasteiger partial charge in [-0.2, -0.15) is 18.3 Å². The van der Waals surface area contributed by atoms with Crippen LogP contribution in [0.15, 0.2) is 28.9 Å². The largest absolute Gasteiger partial charge is 0.417 e. The van der Waals surface area contributed by atoms with Crippen molar-refractivity contribution in [1.82, 2.24) is 9.78 Å². The highest BCUT2D eigenvalue weighted by molar-refractivity contribution is 9.10. The molecule has 8 heteroatoms. The second-order valence-electron chi connectivity index (χ2n) is 4.17. The summed E-state index contributed by atoms with van der Waals surface area (Å²) in [5.41, 5.74) is -1.96. The summed E-state index contributed by atoms with van der Waals surface area (Å²) in [6, 6.07) is 1.82. The van der Waals surface area contributed by atoms with E-state index in [1.807, 2.05) is 0 Å². The summed E-state index contributed by atoms with van der Waals surface area (Å²) in [6.45, 7) is 1.98. The first kappa shape index (κ1) is 15.7. The van der Waals surface area contributed by atoms with Crippen LogP contribution in [0, 0.1) is 5.82 Å². The third-order valence-corrected chi connectivity index (χ3v) is 3.42. The smallest absolute Gasteiger partial charge is 0.287 e. The van der Waals surface area contributed by atoms with Gasteiger partial charge in [-0.1, -0.05) is 0 Å². The van der Waals surface area contributed by atoms with Gasteiger partial charge in [-0.15, -0.1) is 0 Å². The van der Waals surface area contributed by atoms with Crippen LogP contribution in [0.3, 0.4) is 0 Å². The van der Waals surface area contributed by atoms with Crippen LogP contribution in [0.25, 0.3) is 0 Å². The first-order valence-corrected chi connectivity index (χ1v) is 6.67. The molecule has 1 aromatic carbocycles. The number of nitrogens with zero attached hydrogens (tertiary/aromatic N) is 2. The maximum absolute atomic E-state index is 13.3. The standard InChI is InChI=1S/C13H9BrF4N2O/c1-2-20-11(10(14)6-19-20)12(21)8-5-7(15)3-4-9(8)13(16,17)18/h3-6H,2H2,1H3. The van der Waals surface area contributed by atoms with Gasteiger partial charge in [-0.05, 0) is 41.1 Å². The fourth-order valence-corrected chi connectivity index (χ4v) is 2.38. The summed E-state index contributed by atoms with van der Waals surface area (Å²) < 4.78 is 53.6. The fourth-order valence-electron chi connectivity index (χ4n) is 1.91. The van der Waals surface area contributed by atoms with Crippen molar-refractivity contribution in [2.24, 2.45) is 0 Å². The van der Waals surface area contributed by atoms with Gasteiger partial charge in [0.25, 0.3) is 0 Å². The molecule has 0 aliphatic heterocycles. The van der Waals surface area contributed by atoms with Gasteiger partial charge in [0.15, 0.2) is 0 Å². The predicted molar refractivity (Wildman–Crippen MR) is 70.4 cm³/mol. The van der Waals surface area contributed by atoms with E-state index in [-0.39, 0.29) is 10.2 Å². The molecule has 3 nitrogen and oxygen atoms in total. The van der Waals surface area contributed by atoms with E-state index < -0.39 is 28.9 Å². The summed E-state index contributed by atoms with van der Waals surface area (Å²) in [6.07, 6.45) is -3.44. The van der Waals surface area contributed by atoms with Gasteiger partial charge < -0.3 is 0 Å². The number of ketones is 1. The number of benzene rings is 1. The SMILES string of the molecule is CCn1ncc(Br)c1C(=O)c1cc(F)ccc1C(F)(F)F. The maximum atomic E-state index is 13.3. The molecule has 0 radical (unpaired) electrons. The highest BCUT2D eigenvalue weighted by Crippen LogP contribution is 2.34. The summed E-state index contributed by atoms with van der Waals surface area (Å²) in [5.74, 6) is -1.85. The highest BCUT2D eigenvalue weighted by atomic mass is 79.9. The summed E-state index contributed by atoms with van der Waals surface area (Å²) in [5, 5.41) is 3.87. The lowest BCUT2D eigenvalue weighted by atomic mass is 10.0. The molecule has 0 saturated carbocycles. The van der Waals surface area contributed by atoms with Crippen LogP contribution in [0.5, 0.6) is 0 Å². The zero-order valence-corrected chi connectivity index (χ0v) is 12.3. The zero-order chi connectivity index (χ0) is 15.8. The lowest BCUT2D eigenvalue weighted by Crippen LogP contribution is -2.17. The number of halogens is 5. The van der Waals surface area contributed by atoms with Crippen molar-refractivity contribution in [1.29, 1.82) is 0 Å². The minimum atomic E-state index is -4.75. The highest BCUT2D eigenvalue weighted by Gasteiger charge is 2.36. The number of aryl methyl sites for hydroxylation is 1. The van der Waals surface area contributed by atoms with Crippen LogP contribution in [0.1, 0.15) is 28.5 Å². The molecule has 1 heterocycles. The Balaban J connectivity index is 2.63. The van der Waals surface area contributed by atoms with Crippen molar-refractivity contribution >= 4 is 21.7 Å². The Bertz CT molecular complexity index is 694. The molecule has 0 spiro atoms. The van der Waals surface area contributed by atoms with Crippen molar-refractivity contribution in [2.75, 3.05) is 0 Å². The van der Waals surface area contributed by atoms with E-state index in [9.17, 15) is 22.4 Å². The maximum Gasteiger partial charge on any atom is 0.417 e. The lowest BCUT2D eigenvalue weighted by molar-refractivity contribution is -0.137. The van der Waals surface area contributed by atoms with Crippen molar-refractivity contribution in [3.05, 3.63) is 51.5 Å². The number of aromatic nitrogens is 2. The van der Waals surface area contributed by atoms with Crippen LogP contribution in [-0.2, 0) is 12.7 Å². The minimum absolute atomic E-state index is 0.0476. The molecule has 21 heavy (non-hydrogen) atoms. The van der Waals surface area contributed by atoms with Gasteiger partial charge in [0, 0.05) is 12.1 Å². The molecule has 0 fully saturated rings. The lowest BCUT2D eigenvalue weighted by Gasteiger charge is -2.13. The van der Waals surface area contributed by atoms with Crippen LogP contribution in [0.4, 0.5) is 17.6 Å². The molecule has 0 atom stereocenters. The molecule has 0 unspecified atom stereocenters. The Morgan fingerprint density at radius 1 is 1.38 bits per heavy atom. The fraction of sp³-hybridized carbons (Fsp3) is 0.231. The second kappa shape index (κ2) is 5.59. The number of rotatable bonds is 3. The van der Waals surface area contributed by atoms with E-state index in [0.29, 0.717) is 24.7 Å². The molecule has 2 rings (SSSR count). The van der Waals surface area contributed by atoms with Gasteiger partial charge >= 0.3 is 6.18 Å². The van der Waals surface area contributed by atoms with E-state index in [1.165, 1.54) is 10.9 Å². The molecule has 0 aliphatic carbocycles. The Labute approximate surface area is 125 Å². The van der Waals surface area contributed by atoms with Crippen molar-refractivity contribution < 1.29 is 22.4 Å². The number of carbonyl (C=O) groups excluding carboxylic acids is 1. The van der Waals surface area contributed by atoms with Crippen LogP contribution < -0.4 is 0 Å². The Kier molecular flexibility index (Phi) is 4.18. The minimum Gasteiger partial charge on any atom is -0.287 e. The summed E-state index contributed by atoms with van der Waals surface area (Å²) in [4.78, 5) is 12.4. The third-order valence-electron chi connectivity index (χ3n) is 2.84. The third kappa shape index (κ3) is 2.99. The van der Waals surface area contributed by atoms with E-state index in [0.717, 1.165) is 0 Å². The van der Waals surface area contributed by atoms with Crippen molar-refractivity contribution in [3.63, 3.8) is 0 Å². The Morgan fingerprint density at radius 3 is 2.62 bits per heavy atom. The average Bonchev–Trinajstić information content (AvgIpc) is 2.77. The van der Waals surface area contributed by atoms with Gasteiger partial charge in [-0.25, -0.2) is 4.39 Å². The molecule has 112 valence electrons. The monoisotopic (exact) mass is 364 g/mol. The molecule has 0 N–H and O–H groups in total. The molecule has 0 saturated heterocycles. The van der Waals surface area contributed by atoms with Crippen LogP contribution in [0.2, 0.25) is 0 Å². The molecular formula is C13H9BrF4N2O. The quantitative estimate of drug-likeness (QED) is 0.608. The average molecular weight is 365 g/mol. The Morgan fingerprint density at radius 2 is 2.05 bits per heavy atom. The molecule has 1 aromatic heterocycles. The zero-order valence-electron chi connectivity index (χ0n) is 10.7. The molecule has 0 amide bonds. The summed E-state index contributed by atoms with van der Waals surface area (Å²) >= 11 is 3.07. The van der Waals surface area contributed by atoms with E-state index in [4.69, 9.17) is 0 Å². The molecule has 2 aromatic rings. The number of carbonyl (C=O) groups is 1. The molecule has 0 aliphatic rings. The van der Waals surface area contributed by atoms with Gasteiger partial charge in [0.1, 0.15) is 11.5 Å². The number of hydrogen-bond donors (Lipinski definition) is 0. The topological polar surface area (TPSA) is 34.9 Å². The first-order valence-electron chi connectivity index (χ1n) is 5.88. The predicted octanol–water partition coefficient (Wildman–Crippen LogP) is 4.05. The van der Waals surface area contributed by atoms with E-state index in [2.05, 4.69) is 21.0 Å². The van der Waals surface area contributed by atoms with Gasteiger partial charge in [0.05, 0.1) is 16.2 Å². The summed E-state index contributed by atoms with van der Waals surface area (Å²) in [7, 11) is 0. The van der Waals surface area contributed by atoms with Gasteiger partial charge in [0.2, 0.25) is 5.78 Å². The number of alkyl halides is 3. The van der Waals surface area contributed by atoms with E-state index >= 15 is 0 Å². The number of hydrogen-bond acceptors (Lipinski definition) is 2. The Hall–Kier alpha value is -1.70. The van der Waals surface area contributed by atoms with Gasteiger partial charge in [-0.3, -0.25) is 9.48 Å². The normalized spacial score (nSPS) is 11.7. The van der Waals surface area contributed by atoms with E-state index in [1.54, 1.807) is 6.92 Å². The molecule has 0 bridgehead atoms. The van der Waals surface area contributed by atoms with Crippen LogP contribution in [-0.4, -0.2) is 15.6 Å².